The number of aromatic nitrogens is 1. The lowest BCUT2D eigenvalue weighted by Crippen LogP contribution is -2.26. The summed E-state index contributed by atoms with van der Waals surface area (Å²) in [5.41, 5.74) is 9.95. The number of benzene rings is 1. The molecule has 3 rings (SSSR count). The Balaban J connectivity index is 1.98. The zero-order valence-electron chi connectivity index (χ0n) is 11.3. The van der Waals surface area contributed by atoms with Crippen molar-refractivity contribution in [3.8, 4) is 0 Å². The van der Waals surface area contributed by atoms with Crippen LogP contribution in [0.1, 0.15) is 23.2 Å². The van der Waals surface area contributed by atoms with E-state index in [9.17, 15) is 0 Å². The summed E-state index contributed by atoms with van der Waals surface area (Å²) in [6.45, 7) is 1.81. The fraction of sp³-hybridized carbons (Fsp3) is 0.250. The van der Waals surface area contributed by atoms with Crippen molar-refractivity contribution in [2.24, 2.45) is 5.73 Å². The average molecular weight is 266 g/mol. The molecule has 0 bridgehead atoms. The lowest BCUT2D eigenvalue weighted by molar-refractivity contribution is 0.763. The summed E-state index contributed by atoms with van der Waals surface area (Å²) in [6.07, 6.45) is 3.89. The number of hydrogen-bond acceptors (Lipinski definition) is 3. The largest absolute Gasteiger partial charge is 0.382 e. The first kappa shape index (κ1) is 12.7. The average Bonchev–Trinajstić information content (AvgIpc) is 2.69. The summed E-state index contributed by atoms with van der Waals surface area (Å²) in [5, 5.41) is 7.68. The van der Waals surface area contributed by atoms with Gasteiger partial charge in [-0.05, 0) is 36.1 Å². The quantitative estimate of drug-likeness (QED) is 0.647. The van der Waals surface area contributed by atoms with Crippen LogP contribution in [0.25, 0.3) is 0 Å². The van der Waals surface area contributed by atoms with Gasteiger partial charge in [-0.25, -0.2) is 0 Å². The van der Waals surface area contributed by atoms with E-state index in [0.717, 1.165) is 31.6 Å². The number of nitrogens with one attached hydrogen (secondary N) is 1. The molecule has 0 amide bonds. The first-order valence-electron chi connectivity index (χ1n) is 6.87. The van der Waals surface area contributed by atoms with E-state index in [0.29, 0.717) is 5.69 Å². The van der Waals surface area contributed by atoms with Gasteiger partial charge >= 0.3 is 0 Å². The minimum Gasteiger partial charge on any atom is -0.382 e. The summed E-state index contributed by atoms with van der Waals surface area (Å²) >= 11 is 0. The van der Waals surface area contributed by atoms with Gasteiger partial charge in [0, 0.05) is 19.3 Å². The van der Waals surface area contributed by atoms with E-state index in [-0.39, 0.29) is 5.84 Å². The molecular formula is C16H18N4. The van der Waals surface area contributed by atoms with Crippen molar-refractivity contribution in [2.75, 3.05) is 11.4 Å². The van der Waals surface area contributed by atoms with E-state index in [2.05, 4.69) is 34.1 Å². The van der Waals surface area contributed by atoms with Crippen LogP contribution in [0.15, 0.2) is 42.6 Å². The lowest BCUT2D eigenvalue weighted by atomic mass is 10.0. The summed E-state index contributed by atoms with van der Waals surface area (Å²) in [6, 6.07) is 12.5. The van der Waals surface area contributed by atoms with E-state index in [1.54, 1.807) is 6.20 Å². The van der Waals surface area contributed by atoms with Gasteiger partial charge in [0.2, 0.25) is 0 Å². The molecule has 2 heterocycles. The van der Waals surface area contributed by atoms with Crippen molar-refractivity contribution in [3.63, 3.8) is 0 Å². The molecular weight excluding hydrogens is 248 g/mol. The maximum absolute atomic E-state index is 7.68. The number of hydrogen-bond donors (Lipinski definition) is 2. The standard InChI is InChI=1S/C16H18N4/c17-16(18)15-14(8-3-9-19-15)20-10-4-7-12-5-1-2-6-13(12)11-20/h1-3,5-6,8-9H,4,7,10-11H2,(H3,17,18). The van der Waals surface area contributed by atoms with Crippen LogP contribution < -0.4 is 10.6 Å². The molecule has 4 heteroatoms. The van der Waals surface area contributed by atoms with Gasteiger partial charge in [-0.2, -0.15) is 0 Å². The van der Waals surface area contributed by atoms with Crippen molar-refractivity contribution in [1.82, 2.24) is 4.98 Å². The van der Waals surface area contributed by atoms with E-state index >= 15 is 0 Å². The number of nitrogens with zero attached hydrogens (tertiary/aromatic N) is 2. The molecule has 0 radical (unpaired) electrons. The fourth-order valence-electron chi connectivity index (χ4n) is 2.77. The Morgan fingerprint density at radius 2 is 1.95 bits per heavy atom. The topological polar surface area (TPSA) is 66.0 Å². The summed E-state index contributed by atoms with van der Waals surface area (Å²) in [5.74, 6) is 0.0260. The molecule has 0 saturated heterocycles. The van der Waals surface area contributed by atoms with Crippen LogP contribution in [0.2, 0.25) is 0 Å². The normalized spacial score (nSPS) is 14.5. The zero-order valence-corrected chi connectivity index (χ0v) is 11.3. The molecule has 20 heavy (non-hydrogen) atoms. The zero-order chi connectivity index (χ0) is 13.9. The van der Waals surface area contributed by atoms with E-state index in [1.165, 1.54) is 11.1 Å². The Morgan fingerprint density at radius 3 is 2.75 bits per heavy atom. The third kappa shape index (κ3) is 2.37. The molecule has 4 nitrogen and oxygen atoms in total. The fourth-order valence-corrected chi connectivity index (χ4v) is 2.77. The molecule has 1 aliphatic rings. The van der Waals surface area contributed by atoms with Crippen molar-refractivity contribution in [3.05, 3.63) is 59.4 Å². The van der Waals surface area contributed by atoms with Crippen molar-refractivity contribution in [1.29, 1.82) is 5.41 Å². The Labute approximate surface area is 118 Å². The minimum absolute atomic E-state index is 0.0260. The van der Waals surface area contributed by atoms with Crippen LogP contribution in [0.3, 0.4) is 0 Å². The number of rotatable bonds is 2. The molecule has 1 aromatic carbocycles. The van der Waals surface area contributed by atoms with Crippen molar-refractivity contribution >= 4 is 11.5 Å². The third-order valence-corrected chi connectivity index (χ3v) is 3.74. The van der Waals surface area contributed by atoms with Crippen LogP contribution in [0.5, 0.6) is 0 Å². The molecule has 102 valence electrons. The van der Waals surface area contributed by atoms with Gasteiger partial charge in [0.25, 0.3) is 0 Å². The molecule has 3 N–H and O–H groups in total. The van der Waals surface area contributed by atoms with Crippen LogP contribution in [-0.2, 0) is 13.0 Å². The second-order valence-electron chi connectivity index (χ2n) is 5.08. The van der Waals surface area contributed by atoms with Crippen LogP contribution in [0.4, 0.5) is 5.69 Å². The van der Waals surface area contributed by atoms with Crippen molar-refractivity contribution in [2.45, 2.75) is 19.4 Å². The summed E-state index contributed by atoms with van der Waals surface area (Å²) in [4.78, 5) is 6.52. The predicted molar refractivity (Wildman–Crippen MR) is 81.1 cm³/mol. The Morgan fingerprint density at radius 1 is 1.15 bits per heavy atom. The molecule has 0 aliphatic carbocycles. The summed E-state index contributed by atoms with van der Waals surface area (Å²) < 4.78 is 0. The number of fused-ring (bicyclic) bond motifs is 1. The van der Waals surface area contributed by atoms with Gasteiger partial charge in [0.1, 0.15) is 11.5 Å². The smallest absolute Gasteiger partial charge is 0.143 e. The molecule has 1 aromatic heterocycles. The molecule has 2 aromatic rings. The van der Waals surface area contributed by atoms with Gasteiger partial charge in [-0.3, -0.25) is 10.4 Å². The second-order valence-corrected chi connectivity index (χ2v) is 5.08. The molecule has 1 aliphatic heterocycles. The van der Waals surface area contributed by atoms with Crippen LogP contribution >= 0.6 is 0 Å². The Kier molecular flexibility index (Phi) is 3.37. The number of pyridine rings is 1. The van der Waals surface area contributed by atoms with E-state index in [1.807, 2.05) is 12.1 Å². The molecule has 0 spiro atoms. The number of nitrogen functional groups attached to an aromatic ring is 1. The first-order valence-corrected chi connectivity index (χ1v) is 6.87. The monoisotopic (exact) mass is 266 g/mol. The Hall–Kier alpha value is -2.36. The molecule has 0 atom stereocenters. The number of anilines is 1. The van der Waals surface area contributed by atoms with Crippen molar-refractivity contribution < 1.29 is 0 Å². The molecule has 0 saturated carbocycles. The Bertz CT molecular complexity index is 636. The van der Waals surface area contributed by atoms with Gasteiger partial charge < -0.3 is 10.6 Å². The maximum atomic E-state index is 7.68. The highest BCUT2D eigenvalue weighted by Gasteiger charge is 2.18. The molecule has 0 fully saturated rings. The second kappa shape index (κ2) is 5.33. The van der Waals surface area contributed by atoms with Crippen LogP contribution in [0, 0.1) is 5.41 Å². The highest BCUT2D eigenvalue weighted by Crippen LogP contribution is 2.25. The predicted octanol–water partition coefficient (Wildman–Crippen LogP) is 2.32. The van der Waals surface area contributed by atoms with E-state index in [4.69, 9.17) is 11.1 Å². The summed E-state index contributed by atoms with van der Waals surface area (Å²) in [7, 11) is 0. The minimum atomic E-state index is 0.0260. The molecule has 0 unspecified atom stereocenters. The third-order valence-electron chi connectivity index (χ3n) is 3.74. The number of aryl methyl sites for hydroxylation is 1. The van der Waals surface area contributed by atoms with Gasteiger partial charge in [-0.1, -0.05) is 24.3 Å². The van der Waals surface area contributed by atoms with Gasteiger partial charge in [0.05, 0.1) is 5.69 Å². The van der Waals surface area contributed by atoms with E-state index < -0.39 is 0 Å². The maximum Gasteiger partial charge on any atom is 0.143 e. The lowest BCUT2D eigenvalue weighted by Gasteiger charge is -2.24. The first-order chi connectivity index (χ1) is 9.75. The van der Waals surface area contributed by atoms with Gasteiger partial charge in [-0.15, -0.1) is 0 Å². The van der Waals surface area contributed by atoms with Gasteiger partial charge in [0.15, 0.2) is 0 Å². The number of amidine groups is 1. The number of nitrogens with two attached hydrogens (primary N) is 1. The van der Waals surface area contributed by atoms with Crippen LogP contribution in [-0.4, -0.2) is 17.4 Å². The highest BCUT2D eigenvalue weighted by molar-refractivity contribution is 5.98. The highest BCUT2D eigenvalue weighted by atomic mass is 15.1. The SMILES string of the molecule is N=C(N)c1ncccc1N1CCCc2ccccc2C1.